The molecule has 3 heterocycles. The van der Waals surface area contributed by atoms with E-state index < -0.39 is 11.2 Å². The Balaban J connectivity index is 1.84. The fourth-order valence-corrected chi connectivity index (χ4v) is 3.06. The molecule has 0 radical (unpaired) electrons. The summed E-state index contributed by atoms with van der Waals surface area (Å²) in [5.41, 5.74) is -0.414. The number of nitrogens with zero attached hydrogens (tertiary/aromatic N) is 4. The van der Waals surface area contributed by atoms with E-state index in [0.29, 0.717) is 0 Å². The van der Waals surface area contributed by atoms with E-state index in [1.54, 1.807) is 7.05 Å². The lowest BCUT2D eigenvalue weighted by atomic mass is 10.1. The largest absolute Gasteiger partial charge is 0.376 e. The van der Waals surface area contributed by atoms with Gasteiger partial charge in [0.1, 0.15) is 6.54 Å². The smallest absolute Gasteiger partial charge is 0.332 e. The number of nitrogens with one attached hydrogen (secondary N) is 1. The van der Waals surface area contributed by atoms with Gasteiger partial charge >= 0.3 is 5.69 Å². The highest BCUT2D eigenvalue weighted by Crippen LogP contribution is 2.15. The van der Waals surface area contributed by atoms with Crippen molar-refractivity contribution in [1.29, 1.82) is 0 Å². The number of carbonyl (C=O) groups excluding carboxylic acids is 1. The molecule has 1 N–H and O–H groups in total. The highest BCUT2D eigenvalue weighted by atomic mass is 16.5. The molecule has 0 spiro atoms. The number of ether oxygens (including phenoxy) is 1. The van der Waals surface area contributed by atoms with Crippen LogP contribution in [0.1, 0.15) is 19.8 Å². The lowest BCUT2D eigenvalue weighted by Gasteiger charge is -2.20. The van der Waals surface area contributed by atoms with Gasteiger partial charge in [-0.25, -0.2) is 9.78 Å². The molecule has 1 aliphatic rings. The van der Waals surface area contributed by atoms with Crippen molar-refractivity contribution in [2.75, 3.05) is 6.61 Å². The van der Waals surface area contributed by atoms with Gasteiger partial charge < -0.3 is 14.6 Å². The molecular weight excluding hydrogens is 314 g/mol. The zero-order valence-corrected chi connectivity index (χ0v) is 14.0. The lowest BCUT2D eigenvalue weighted by Crippen LogP contribution is -2.42. The summed E-state index contributed by atoms with van der Waals surface area (Å²) >= 11 is 0. The van der Waals surface area contributed by atoms with Gasteiger partial charge in [0.05, 0.1) is 18.5 Å². The maximum atomic E-state index is 12.3. The summed E-state index contributed by atoms with van der Waals surface area (Å²) in [6, 6.07) is -0.0954. The normalized spacial score (nSPS) is 18.9. The standard InChI is InChI=1S/C15H21N5O4/c1-9(10-5-4-6-24-10)17-11(21)7-20-8-16-13-12(20)14(22)19(3)15(23)18(13)2/h8-10H,4-7H2,1-3H3,(H,17,21)/t9-,10-/m0/s1. The van der Waals surface area contributed by atoms with Crippen LogP contribution in [0.5, 0.6) is 0 Å². The second-order valence-electron chi connectivity index (χ2n) is 6.16. The summed E-state index contributed by atoms with van der Waals surface area (Å²) in [6.07, 6.45) is 3.36. The molecule has 9 nitrogen and oxygen atoms in total. The van der Waals surface area contributed by atoms with Crippen molar-refractivity contribution in [3.8, 4) is 0 Å². The van der Waals surface area contributed by atoms with Crippen LogP contribution in [0, 0.1) is 0 Å². The predicted octanol–water partition coefficient (Wildman–Crippen LogP) is -0.883. The van der Waals surface area contributed by atoms with Crippen LogP contribution in [0.15, 0.2) is 15.9 Å². The van der Waals surface area contributed by atoms with Crippen LogP contribution in [0.25, 0.3) is 11.2 Å². The molecule has 1 saturated heterocycles. The Morgan fingerprint density at radius 2 is 2.17 bits per heavy atom. The summed E-state index contributed by atoms with van der Waals surface area (Å²) in [6.45, 7) is 2.59. The molecule has 9 heteroatoms. The summed E-state index contributed by atoms with van der Waals surface area (Å²) in [4.78, 5) is 40.6. The molecule has 2 aromatic heterocycles. The maximum Gasteiger partial charge on any atom is 0.332 e. The zero-order valence-electron chi connectivity index (χ0n) is 14.0. The Hall–Kier alpha value is -2.42. The summed E-state index contributed by atoms with van der Waals surface area (Å²) in [7, 11) is 2.95. The molecule has 0 bridgehead atoms. The SMILES string of the molecule is C[C@H](NC(=O)Cn1cnc2c1c(=O)n(C)c(=O)n2C)[C@@H]1CCCO1. The van der Waals surface area contributed by atoms with E-state index in [2.05, 4.69) is 10.3 Å². The Kier molecular flexibility index (Phi) is 4.27. The first-order valence-corrected chi connectivity index (χ1v) is 7.92. The van der Waals surface area contributed by atoms with Crippen LogP contribution in [0.2, 0.25) is 0 Å². The van der Waals surface area contributed by atoms with Gasteiger partial charge in [-0.05, 0) is 19.8 Å². The molecule has 3 rings (SSSR count). The number of carbonyl (C=O) groups is 1. The van der Waals surface area contributed by atoms with Crippen LogP contribution in [-0.4, -0.2) is 43.3 Å². The molecule has 1 amide bonds. The molecule has 0 aliphatic carbocycles. The van der Waals surface area contributed by atoms with Gasteiger partial charge in [0.2, 0.25) is 5.91 Å². The molecule has 1 fully saturated rings. The number of aryl methyl sites for hydroxylation is 1. The Morgan fingerprint density at radius 3 is 2.83 bits per heavy atom. The van der Waals surface area contributed by atoms with Crippen molar-refractivity contribution in [1.82, 2.24) is 24.0 Å². The van der Waals surface area contributed by atoms with Crippen molar-refractivity contribution in [2.24, 2.45) is 14.1 Å². The quantitative estimate of drug-likeness (QED) is 0.782. The molecule has 2 atom stereocenters. The fraction of sp³-hybridized carbons (Fsp3) is 0.600. The number of amides is 1. The van der Waals surface area contributed by atoms with Gasteiger partial charge in [-0.1, -0.05) is 0 Å². The van der Waals surface area contributed by atoms with E-state index in [1.165, 1.54) is 22.5 Å². The number of hydrogen-bond donors (Lipinski definition) is 1. The van der Waals surface area contributed by atoms with Crippen LogP contribution in [0.3, 0.4) is 0 Å². The highest BCUT2D eigenvalue weighted by molar-refractivity contribution is 5.79. The van der Waals surface area contributed by atoms with Gasteiger partial charge in [-0.3, -0.25) is 18.7 Å². The second-order valence-corrected chi connectivity index (χ2v) is 6.16. The maximum absolute atomic E-state index is 12.3. The summed E-state index contributed by atoms with van der Waals surface area (Å²) in [5, 5.41) is 2.89. The minimum absolute atomic E-state index is 0.0298. The van der Waals surface area contributed by atoms with Crippen LogP contribution in [0.4, 0.5) is 0 Å². The Bertz CT molecular complexity index is 888. The average molecular weight is 335 g/mol. The zero-order chi connectivity index (χ0) is 17.4. The van der Waals surface area contributed by atoms with E-state index in [4.69, 9.17) is 4.74 Å². The van der Waals surface area contributed by atoms with Gasteiger partial charge in [0, 0.05) is 20.7 Å². The first kappa shape index (κ1) is 16.4. The third-order valence-electron chi connectivity index (χ3n) is 4.44. The third-order valence-corrected chi connectivity index (χ3v) is 4.44. The Labute approximate surface area is 137 Å². The van der Waals surface area contributed by atoms with Crippen molar-refractivity contribution in [2.45, 2.75) is 38.5 Å². The second kappa shape index (κ2) is 6.23. The molecule has 1 aliphatic heterocycles. The number of aromatic nitrogens is 4. The first-order valence-electron chi connectivity index (χ1n) is 7.92. The van der Waals surface area contributed by atoms with Crippen LogP contribution in [-0.2, 0) is 30.2 Å². The first-order chi connectivity index (χ1) is 11.4. The molecule has 24 heavy (non-hydrogen) atoms. The number of imidazole rings is 1. The van der Waals surface area contributed by atoms with Crippen molar-refractivity contribution in [3.05, 3.63) is 27.2 Å². The molecule has 130 valence electrons. The number of rotatable bonds is 4. The van der Waals surface area contributed by atoms with E-state index in [9.17, 15) is 14.4 Å². The van der Waals surface area contributed by atoms with E-state index in [0.717, 1.165) is 24.0 Å². The van der Waals surface area contributed by atoms with Crippen LogP contribution < -0.4 is 16.6 Å². The van der Waals surface area contributed by atoms with Crippen LogP contribution >= 0.6 is 0 Å². The van der Waals surface area contributed by atoms with Crippen molar-refractivity contribution < 1.29 is 9.53 Å². The van der Waals surface area contributed by atoms with Gasteiger partial charge in [0.25, 0.3) is 5.56 Å². The lowest BCUT2D eigenvalue weighted by molar-refractivity contribution is -0.123. The fourth-order valence-electron chi connectivity index (χ4n) is 3.06. The molecule has 2 aromatic rings. The molecule has 0 unspecified atom stereocenters. The highest BCUT2D eigenvalue weighted by Gasteiger charge is 2.24. The topological polar surface area (TPSA) is 100 Å². The number of fused-ring (bicyclic) bond motifs is 1. The molecule has 0 aromatic carbocycles. The average Bonchev–Trinajstić information content (AvgIpc) is 3.20. The van der Waals surface area contributed by atoms with E-state index in [-0.39, 0.29) is 35.8 Å². The predicted molar refractivity (Wildman–Crippen MR) is 86.8 cm³/mol. The van der Waals surface area contributed by atoms with E-state index in [1.807, 2.05) is 6.92 Å². The summed E-state index contributed by atoms with van der Waals surface area (Å²) in [5.74, 6) is -0.229. The van der Waals surface area contributed by atoms with Crippen molar-refractivity contribution >= 4 is 17.1 Å². The Morgan fingerprint density at radius 1 is 1.42 bits per heavy atom. The van der Waals surface area contributed by atoms with Gasteiger partial charge in [-0.2, -0.15) is 0 Å². The molecular formula is C15H21N5O4. The third kappa shape index (κ3) is 2.75. The minimum Gasteiger partial charge on any atom is -0.376 e. The monoisotopic (exact) mass is 335 g/mol. The van der Waals surface area contributed by atoms with Gasteiger partial charge in [0.15, 0.2) is 11.2 Å². The van der Waals surface area contributed by atoms with E-state index >= 15 is 0 Å². The van der Waals surface area contributed by atoms with Gasteiger partial charge in [-0.15, -0.1) is 0 Å². The molecule has 0 saturated carbocycles. The number of hydrogen-bond acceptors (Lipinski definition) is 5. The van der Waals surface area contributed by atoms with Crippen molar-refractivity contribution in [3.63, 3.8) is 0 Å². The summed E-state index contributed by atoms with van der Waals surface area (Å²) < 4.78 is 9.33. The minimum atomic E-state index is -0.467.